The standard InChI is InChI=1S/C23H31F3N4O3S/c1-14(2)21-8-15-7-16(9-21)11-22(10-15,13-21)29-20-27-12-17(18(28-20)23(24,25)26)19(31)30-3-5-34(32,33)6-4-30/h12,14-16H,3-11,13H2,1-2H3,(H,27,28,29). The van der Waals surface area contributed by atoms with Crippen molar-refractivity contribution in [1.82, 2.24) is 14.9 Å². The Balaban J connectivity index is 1.42. The van der Waals surface area contributed by atoms with Gasteiger partial charge in [0, 0.05) is 24.8 Å². The molecule has 2 heterocycles. The van der Waals surface area contributed by atoms with Gasteiger partial charge >= 0.3 is 6.18 Å². The lowest BCUT2D eigenvalue weighted by Crippen LogP contribution is -2.60. The van der Waals surface area contributed by atoms with Crippen LogP contribution in [0.2, 0.25) is 0 Å². The molecule has 5 fully saturated rings. The van der Waals surface area contributed by atoms with Crippen molar-refractivity contribution >= 4 is 21.7 Å². The van der Waals surface area contributed by atoms with Gasteiger partial charge in [-0.05, 0) is 61.7 Å². The number of alkyl halides is 3. The van der Waals surface area contributed by atoms with E-state index in [1.807, 2.05) is 0 Å². The van der Waals surface area contributed by atoms with Crippen LogP contribution in [0.4, 0.5) is 19.1 Å². The SMILES string of the molecule is CC(C)C12CC3CC(CC(Nc4ncc(C(=O)N5CCS(=O)(=O)CC5)c(C(F)(F)F)n4)(C3)C1)C2. The largest absolute Gasteiger partial charge is 0.434 e. The highest BCUT2D eigenvalue weighted by atomic mass is 32.2. The minimum Gasteiger partial charge on any atom is -0.349 e. The van der Waals surface area contributed by atoms with Gasteiger partial charge in [0.2, 0.25) is 5.95 Å². The minimum atomic E-state index is -4.84. The Kier molecular flexibility index (Phi) is 5.46. The van der Waals surface area contributed by atoms with Crippen molar-refractivity contribution in [2.45, 2.75) is 64.1 Å². The minimum absolute atomic E-state index is 0.0917. The first-order chi connectivity index (χ1) is 15.8. The summed E-state index contributed by atoms with van der Waals surface area (Å²) in [6.07, 6.45) is 2.37. The van der Waals surface area contributed by atoms with Crippen molar-refractivity contribution in [3.05, 3.63) is 17.5 Å². The van der Waals surface area contributed by atoms with Gasteiger partial charge in [-0.15, -0.1) is 0 Å². The molecule has 1 N–H and O–H groups in total. The van der Waals surface area contributed by atoms with Gasteiger partial charge < -0.3 is 10.2 Å². The summed E-state index contributed by atoms with van der Waals surface area (Å²) in [6, 6.07) is 0. The van der Waals surface area contributed by atoms with Gasteiger partial charge in [-0.25, -0.2) is 18.4 Å². The van der Waals surface area contributed by atoms with Crippen LogP contribution in [0.25, 0.3) is 0 Å². The van der Waals surface area contributed by atoms with E-state index in [0.717, 1.165) is 30.4 Å². The Morgan fingerprint density at radius 3 is 2.32 bits per heavy atom. The van der Waals surface area contributed by atoms with E-state index >= 15 is 0 Å². The highest BCUT2D eigenvalue weighted by Crippen LogP contribution is 2.64. The Morgan fingerprint density at radius 2 is 1.76 bits per heavy atom. The third-order valence-corrected chi connectivity index (χ3v) is 10.2. The summed E-state index contributed by atoms with van der Waals surface area (Å²) in [4.78, 5) is 22.0. The number of nitrogens with zero attached hydrogens (tertiary/aromatic N) is 3. The van der Waals surface area contributed by atoms with Crippen LogP contribution in [-0.4, -0.2) is 59.3 Å². The summed E-state index contributed by atoms with van der Waals surface area (Å²) in [6.45, 7) is 4.21. The van der Waals surface area contributed by atoms with E-state index in [1.54, 1.807) is 0 Å². The number of hydrogen-bond acceptors (Lipinski definition) is 6. The van der Waals surface area contributed by atoms with Crippen molar-refractivity contribution in [2.75, 3.05) is 29.9 Å². The molecule has 1 aliphatic heterocycles. The molecule has 6 rings (SSSR count). The first-order valence-electron chi connectivity index (χ1n) is 12.0. The van der Waals surface area contributed by atoms with Crippen molar-refractivity contribution in [1.29, 1.82) is 0 Å². The van der Waals surface area contributed by atoms with Gasteiger partial charge in [-0.1, -0.05) is 13.8 Å². The Morgan fingerprint density at radius 1 is 1.15 bits per heavy atom. The fourth-order valence-electron chi connectivity index (χ4n) is 7.29. The van der Waals surface area contributed by atoms with Crippen LogP contribution in [0.3, 0.4) is 0 Å². The summed E-state index contributed by atoms with van der Waals surface area (Å²) in [7, 11) is -3.27. The first kappa shape index (κ1) is 23.8. The van der Waals surface area contributed by atoms with E-state index in [-0.39, 0.29) is 41.5 Å². The lowest BCUT2D eigenvalue weighted by atomic mass is 9.44. The van der Waals surface area contributed by atoms with E-state index < -0.39 is 33.2 Å². The summed E-state index contributed by atoms with van der Waals surface area (Å²) in [5.74, 6) is 0.128. The van der Waals surface area contributed by atoms with Crippen molar-refractivity contribution in [3.8, 4) is 0 Å². The Hall–Kier alpha value is -1.91. The summed E-state index contributed by atoms with van der Waals surface area (Å²) >= 11 is 0. The zero-order valence-corrected chi connectivity index (χ0v) is 20.3. The summed E-state index contributed by atoms with van der Waals surface area (Å²) in [5, 5.41) is 3.31. The van der Waals surface area contributed by atoms with Crippen molar-refractivity contribution in [3.63, 3.8) is 0 Å². The molecule has 5 aliphatic rings. The molecule has 2 unspecified atom stereocenters. The van der Waals surface area contributed by atoms with E-state index in [1.165, 1.54) is 19.3 Å². The molecule has 4 saturated carbocycles. The van der Waals surface area contributed by atoms with Crippen LogP contribution in [0.1, 0.15) is 68.4 Å². The number of amides is 1. The second-order valence-corrected chi connectivity index (χ2v) is 13.6. The van der Waals surface area contributed by atoms with E-state index in [0.29, 0.717) is 17.8 Å². The lowest BCUT2D eigenvalue weighted by Gasteiger charge is -2.63. The third kappa shape index (κ3) is 4.18. The van der Waals surface area contributed by atoms with Crippen molar-refractivity contribution < 1.29 is 26.4 Å². The van der Waals surface area contributed by atoms with Gasteiger partial charge in [0.25, 0.3) is 5.91 Å². The zero-order valence-electron chi connectivity index (χ0n) is 19.5. The molecule has 34 heavy (non-hydrogen) atoms. The number of nitrogens with one attached hydrogen (secondary N) is 1. The highest BCUT2D eigenvalue weighted by molar-refractivity contribution is 7.91. The topological polar surface area (TPSA) is 92.3 Å². The quantitative estimate of drug-likeness (QED) is 0.677. The Labute approximate surface area is 197 Å². The number of aromatic nitrogens is 2. The highest BCUT2D eigenvalue weighted by Gasteiger charge is 2.58. The molecule has 0 aromatic carbocycles. The van der Waals surface area contributed by atoms with E-state index in [2.05, 4.69) is 29.1 Å². The van der Waals surface area contributed by atoms with Crippen LogP contribution in [0.15, 0.2) is 6.20 Å². The Bertz CT molecular complexity index is 1080. The molecule has 1 amide bonds. The second kappa shape index (κ2) is 7.80. The normalized spacial score (nSPS) is 34.5. The number of sulfone groups is 1. The maximum atomic E-state index is 14.0. The van der Waals surface area contributed by atoms with Crippen LogP contribution in [0.5, 0.6) is 0 Å². The zero-order chi connectivity index (χ0) is 24.5. The predicted octanol–water partition coefficient (Wildman–Crippen LogP) is 3.77. The van der Waals surface area contributed by atoms with Crippen LogP contribution in [0, 0.1) is 23.2 Å². The number of carbonyl (C=O) groups excluding carboxylic acids is 1. The fourth-order valence-corrected chi connectivity index (χ4v) is 8.49. The first-order valence-corrected chi connectivity index (χ1v) is 13.8. The lowest BCUT2D eigenvalue weighted by molar-refractivity contribution is -0.141. The van der Waals surface area contributed by atoms with Gasteiger partial charge in [-0.3, -0.25) is 4.79 Å². The smallest absolute Gasteiger partial charge is 0.349 e. The molecule has 0 radical (unpaired) electrons. The molecule has 4 aliphatic carbocycles. The summed E-state index contributed by atoms with van der Waals surface area (Å²) in [5.41, 5.74) is -2.02. The summed E-state index contributed by atoms with van der Waals surface area (Å²) < 4.78 is 65.2. The molecule has 4 bridgehead atoms. The number of halogens is 3. The van der Waals surface area contributed by atoms with Gasteiger partial charge in [-0.2, -0.15) is 13.2 Å². The maximum absolute atomic E-state index is 14.0. The van der Waals surface area contributed by atoms with Gasteiger partial charge in [0.05, 0.1) is 17.1 Å². The van der Waals surface area contributed by atoms with Crippen LogP contribution >= 0.6 is 0 Å². The molecule has 0 spiro atoms. The van der Waals surface area contributed by atoms with Crippen LogP contribution < -0.4 is 5.32 Å². The predicted molar refractivity (Wildman–Crippen MR) is 120 cm³/mol. The monoisotopic (exact) mass is 500 g/mol. The molecule has 1 saturated heterocycles. The molecular formula is C23H31F3N4O3S. The molecule has 188 valence electrons. The van der Waals surface area contributed by atoms with E-state index in [4.69, 9.17) is 0 Å². The number of anilines is 1. The molecule has 7 nitrogen and oxygen atoms in total. The van der Waals surface area contributed by atoms with Gasteiger partial charge in [0.15, 0.2) is 15.5 Å². The molecule has 11 heteroatoms. The maximum Gasteiger partial charge on any atom is 0.434 e. The number of hydrogen-bond donors (Lipinski definition) is 1. The third-order valence-electron chi connectivity index (χ3n) is 8.63. The average molecular weight is 501 g/mol. The molecule has 1 aromatic rings. The average Bonchev–Trinajstić information content (AvgIpc) is 2.71. The fraction of sp³-hybridized carbons (Fsp3) is 0.783. The molecular weight excluding hydrogens is 469 g/mol. The van der Waals surface area contributed by atoms with Gasteiger partial charge in [0.1, 0.15) is 0 Å². The number of rotatable bonds is 4. The molecule has 2 atom stereocenters. The van der Waals surface area contributed by atoms with E-state index in [9.17, 15) is 26.4 Å². The number of carbonyl (C=O) groups is 1. The second-order valence-electron chi connectivity index (χ2n) is 11.3. The molecule has 1 aromatic heterocycles. The van der Waals surface area contributed by atoms with Crippen molar-refractivity contribution in [2.24, 2.45) is 23.2 Å². The van der Waals surface area contributed by atoms with Crippen LogP contribution in [-0.2, 0) is 16.0 Å².